The van der Waals surface area contributed by atoms with Crippen molar-refractivity contribution in [3.8, 4) is 17.0 Å². The van der Waals surface area contributed by atoms with Crippen LogP contribution in [0.1, 0.15) is 12.5 Å². The van der Waals surface area contributed by atoms with Crippen molar-refractivity contribution < 1.29 is 9.90 Å². The first-order chi connectivity index (χ1) is 13.5. The van der Waals surface area contributed by atoms with Crippen LogP contribution >= 0.6 is 11.3 Å². The van der Waals surface area contributed by atoms with Crippen molar-refractivity contribution in [3.05, 3.63) is 59.5 Å². The number of hydrogen-bond donors (Lipinski definition) is 1. The molecule has 0 saturated carbocycles. The number of azo groups is 1. The average molecular weight is 391 g/mol. The summed E-state index contributed by atoms with van der Waals surface area (Å²) in [5.41, 5.74) is 3.77. The Balaban J connectivity index is 1.55. The normalized spacial score (nSPS) is 16.8. The van der Waals surface area contributed by atoms with E-state index in [1.54, 1.807) is 25.1 Å². The molecule has 3 aromatic rings. The number of rotatable bonds is 4. The summed E-state index contributed by atoms with van der Waals surface area (Å²) in [4.78, 5) is 17.3. The van der Waals surface area contributed by atoms with Gasteiger partial charge in [-0.05, 0) is 26.0 Å². The van der Waals surface area contributed by atoms with Gasteiger partial charge in [0.2, 0.25) is 5.13 Å². The lowest BCUT2D eigenvalue weighted by Crippen LogP contribution is -2.29. The summed E-state index contributed by atoms with van der Waals surface area (Å²) in [5, 5.41) is 25.8. The number of phenolic OH excluding ortho intramolecular Hbond substituents is 1. The van der Waals surface area contributed by atoms with Gasteiger partial charge < -0.3 is 5.11 Å². The van der Waals surface area contributed by atoms with E-state index in [0.29, 0.717) is 16.5 Å². The highest BCUT2D eigenvalue weighted by atomic mass is 32.1. The number of hydrazone groups is 1. The third-order valence-corrected chi connectivity index (χ3v) is 5.10. The number of hydrogen-bond acceptors (Lipinski definition) is 7. The van der Waals surface area contributed by atoms with Gasteiger partial charge >= 0.3 is 0 Å². The summed E-state index contributed by atoms with van der Waals surface area (Å²) in [7, 11) is 0. The molecule has 0 unspecified atom stereocenters. The van der Waals surface area contributed by atoms with Crippen LogP contribution in [0.2, 0.25) is 0 Å². The van der Waals surface area contributed by atoms with Gasteiger partial charge in [-0.1, -0.05) is 42.0 Å². The van der Waals surface area contributed by atoms with Crippen LogP contribution in [0.5, 0.6) is 5.75 Å². The second-order valence-electron chi connectivity index (χ2n) is 6.38. The Morgan fingerprint density at radius 3 is 2.61 bits per heavy atom. The molecule has 0 radical (unpaired) electrons. The molecule has 8 heteroatoms. The van der Waals surface area contributed by atoms with Crippen molar-refractivity contribution >= 4 is 33.8 Å². The zero-order valence-corrected chi connectivity index (χ0v) is 16.1. The van der Waals surface area contributed by atoms with E-state index in [9.17, 15) is 9.90 Å². The number of carbonyl (C=O) groups is 1. The lowest BCUT2D eigenvalue weighted by Gasteiger charge is -2.08. The highest BCUT2D eigenvalue weighted by Gasteiger charge is 2.36. The SMILES string of the molecule is CC1=NN(c2nc(-c3ccc(C)cc3)cs2)C(=O)[C@@H]1N=Nc1ccccc1O. The number of phenols is 1. The van der Waals surface area contributed by atoms with Gasteiger partial charge in [0, 0.05) is 10.9 Å². The summed E-state index contributed by atoms with van der Waals surface area (Å²) in [6.45, 7) is 3.75. The van der Waals surface area contributed by atoms with E-state index >= 15 is 0 Å². The molecule has 1 N–H and O–H groups in total. The number of anilines is 1. The molecule has 1 aliphatic heterocycles. The molecular formula is C20H17N5O2S. The van der Waals surface area contributed by atoms with Crippen LogP contribution in [-0.4, -0.2) is 27.8 Å². The third kappa shape index (κ3) is 3.41. The number of aromatic nitrogens is 1. The van der Waals surface area contributed by atoms with E-state index in [1.807, 2.05) is 36.6 Å². The van der Waals surface area contributed by atoms with Crippen LogP contribution in [0.25, 0.3) is 11.3 Å². The minimum atomic E-state index is -0.827. The van der Waals surface area contributed by atoms with E-state index in [2.05, 4.69) is 20.3 Å². The number of amides is 1. The Morgan fingerprint density at radius 2 is 1.86 bits per heavy atom. The second kappa shape index (κ2) is 7.32. The summed E-state index contributed by atoms with van der Waals surface area (Å²) >= 11 is 1.35. The summed E-state index contributed by atoms with van der Waals surface area (Å²) in [6, 6.07) is 13.8. The van der Waals surface area contributed by atoms with E-state index in [1.165, 1.54) is 28.0 Å². The summed E-state index contributed by atoms with van der Waals surface area (Å²) in [5.74, 6) is -0.313. The molecule has 2 heterocycles. The van der Waals surface area contributed by atoms with Crippen LogP contribution in [0.15, 0.2) is 69.2 Å². The zero-order chi connectivity index (χ0) is 19.7. The first-order valence-electron chi connectivity index (χ1n) is 8.63. The fourth-order valence-electron chi connectivity index (χ4n) is 2.71. The highest BCUT2D eigenvalue weighted by molar-refractivity contribution is 7.14. The third-order valence-electron chi connectivity index (χ3n) is 4.28. The van der Waals surface area contributed by atoms with Gasteiger partial charge in [0.05, 0.1) is 11.4 Å². The predicted octanol–water partition coefficient (Wildman–Crippen LogP) is 4.70. The van der Waals surface area contributed by atoms with E-state index < -0.39 is 6.04 Å². The molecule has 7 nitrogen and oxygen atoms in total. The van der Waals surface area contributed by atoms with Gasteiger partial charge in [-0.25, -0.2) is 4.98 Å². The maximum atomic E-state index is 12.8. The Labute approximate surface area is 165 Å². The molecule has 0 bridgehead atoms. The fraction of sp³-hybridized carbons (Fsp3) is 0.150. The topological polar surface area (TPSA) is 90.5 Å². The van der Waals surface area contributed by atoms with Gasteiger partial charge in [0.15, 0.2) is 6.04 Å². The Morgan fingerprint density at radius 1 is 1.11 bits per heavy atom. The van der Waals surface area contributed by atoms with Crippen molar-refractivity contribution in [2.24, 2.45) is 15.3 Å². The van der Waals surface area contributed by atoms with Crippen LogP contribution < -0.4 is 5.01 Å². The number of aromatic hydroxyl groups is 1. The monoisotopic (exact) mass is 391 g/mol. The Hall–Kier alpha value is -3.39. The average Bonchev–Trinajstić information content (AvgIpc) is 3.27. The molecule has 140 valence electrons. The van der Waals surface area contributed by atoms with Gasteiger partial charge in [-0.2, -0.15) is 20.3 Å². The van der Waals surface area contributed by atoms with Crippen LogP contribution in [0.3, 0.4) is 0 Å². The van der Waals surface area contributed by atoms with E-state index in [4.69, 9.17) is 0 Å². The first-order valence-corrected chi connectivity index (χ1v) is 9.51. The lowest BCUT2D eigenvalue weighted by molar-refractivity contribution is -0.117. The molecule has 0 fully saturated rings. The molecule has 1 amide bonds. The largest absolute Gasteiger partial charge is 0.506 e. The molecule has 4 rings (SSSR count). The maximum absolute atomic E-state index is 12.8. The molecule has 1 aliphatic rings. The summed E-state index contributed by atoms with van der Waals surface area (Å²) < 4.78 is 0. The van der Waals surface area contributed by atoms with E-state index in [0.717, 1.165) is 11.3 Å². The van der Waals surface area contributed by atoms with Crippen LogP contribution in [-0.2, 0) is 4.79 Å². The Kier molecular flexibility index (Phi) is 4.70. The van der Waals surface area contributed by atoms with Gasteiger partial charge in [0.25, 0.3) is 5.91 Å². The fourth-order valence-corrected chi connectivity index (χ4v) is 3.50. The number of thiazole rings is 1. The quantitative estimate of drug-likeness (QED) is 0.654. The highest BCUT2D eigenvalue weighted by Crippen LogP contribution is 2.31. The van der Waals surface area contributed by atoms with Gasteiger partial charge in [0.1, 0.15) is 11.4 Å². The van der Waals surface area contributed by atoms with Gasteiger partial charge in [-0.3, -0.25) is 4.79 Å². The lowest BCUT2D eigenvalue weighted by atomic mass is 10.1. The zero-order valence-electron chi connectivity index (χ0n) is 15.3. The Bertz CT molecular complexity index is 1090. The predicted molar refractivity (Wildman–Crippen MR) is 109 cm³/mol. The maximum Gasteiger partial charge on any atom is 0.282 e. The smallest absolute Gasteiger partial charge is 0.282 e. The molecule has 2 aromatic carbocycles. The van der Waals surface area contributed by atoms with E-state index in [-0.39, 0.29) is 11.7 Å². The molecule has 1 aromatic heterocycles. The molecule has 0 spiro atoms. The molecule has 28 heavy (non-hydrogen) atoms. The van der Waals surface area contributed by atoms with Crippen molar-refractivity contribution in [1.82, 2.24) is 4.98 Å². The van der Waals surface area contributed by atoms with Crippen molar-refractivity contribution in [2.75, 3.05) is 5.01 Å². The van der Waals surface area contributed by atoms with Crippen molar-refractivity contribution in [1.29, 1.82) is 0 Å². The standard InChI is InChI=1S/C20H17N5O2S/c1-12-7-9-14(10-8-12)16-11-28-20(21-16)25-19(27)18(13(2)24-25)23-22-15-5-3-4-6-17(15)26/h3-11,18,26H,1-2H3/t18-/m1/s1. The number of aryl methyl sites for hydroxylation is 1. The summed E-state index contributed by atoms with van der Waals surface area (Å²) in [6.07, 6.45) is 0. The van der Waals surface area contributed by atoms with Crippen molar-refractivity contribution in [3.63, 3.8) is 0 Å². The molecule has 1 atom stereocenters. The first kappa shape index (κ1) is 18.0. The molecular weight excluding hydrogens is 374 g/mol. The minimum Gasteiger partial charge on any atom is -0.506 e. The number of carbonyl (C=O) groups excluding carboxylic acids is 1. The molecule has 0 aliphatic carbocycles. The molecule has 0 saturated heterocycles. The minimum absolute atomic E-state index is 0.00538. The second-order valence-corrected chi connectivity index (χ2v) is 7.22. The number of para-hydroxylation sites is 1. The van der Waals surface area contributed by atoms with Gasteiger partial charge in [-0.15, -0.1) is 11.3 Å². The van der Waals surface area contributed by atoms with Crippen LogP contribution in [0, 0.1) is 6.92 Å². The number of benzene rings is 2. The van der Waals surface area contributed by atoms with Crippen molar-refractivity contribution in [2.45, 2.75) is 19.9 Å². The van der Waals surface area contributed by atoms with Crippen LogP contribution in [0.4, 0.5) is 10.8 Å². The number of nitrogens with zero attached hydrogens (tertiary/aromatic N) is 5.